The number of carbonyl (C=O) groups is 2. The Balaban J connectivity index is 1.60. The molecule has 0 bridgehead atoms. The van der Waals surface area contributed by atoms with Crippen molar-refractivity contribution in [3.63, 3.8) is 0 Å². The lowest BCUT2D eigenvalue weighted by Crippen LogP contribution is -2.36. The summed E-state index contributed by atoms with van der Waals surface area (Å²) in [6.45, 7) is 1.87. The minimum Gasteiger partial charge on any atom is -0.457 e. The second-order valence-corrected chi connectivity index (χ2v) is 8.71. The van der Waals surface area contributed by atoms with Crippen molar-refractivity contribution < 1.29 is 14.0 Å². The third kappa shape index (κ3) is 6.41. The molecule has 1 atom stereocenters. The van der Waals surface area contributed by atoms with Crippen LogP contribution in [0.25, 0.3) is 17.4 Å². The van der Waals surface area contributed by atoms with Gasteiger partial charge < -0.3 is 15.1 Å². The summed E-state index contributed by atoms with van der Waals surface area (Å²) in [4.78, 5) is 26.1. The fraction of sp³-hybridized carbons (Fsp3) is 0.0714. The fourth-order valence-electron chi connectivity index (χ4n) is 3.40. The van der Waals surface area contributed by atoms with Gasteiger partial charge in [0.1, 0.15) is 17.2 Å². The minimum atomic E-state index is -0.451. The monoisotopic (exact) mass is 504 g/mol. The van der Waals surface area contributed by atoms with Crippen LogP contribution in [0.5, 0.6) is 0 Å². The average molecular weight is 505 g/mol. The van der Waals surface area contributed by atoms with Crippen molar-refractivity contribution in [3.05, 3.63) is 124 Å². The number of amides is 2. The van der Waals surface area contributed by atoms with Gasteiger partial charge in [-0.25, -0.2) is 0 Å². The van der Waals surface area contributed by atoms with E-state index in [1.807, 2.05) is 49.4 Å². The minimum absolute atomic E-state index is 0.0461. The standard InChI is InChI=1S/C28H22Cl2N2O3/c1-18(19-5-3-2-4-6-19)31-28(34)25(32-27(33)21-9-13-23(30)14-10-21)17-24-15-16-26(35-24)20-7-11-22(29)12-8-20/h2-18H,1H3,(H,31,34)(H,32,33)/b25-17-. The zero-order chi connectivity index (χ0) is 24.8. The molecule has 0 saturated heterocycles. The van der Waals surface area contributed by atoms with Crippen molar-refractivity contribution in [2.24, 2.45) is 0 Å². The van der Waals surface area contributed by atoms with Gasteiger partial charge in [-0.2, -0.15) is 0 Å². The van der Waals surface area contributed by atoms with E-state index in [0.717, 1.165) is 11.1 Å². The highest BCUT2D eigenvalue weighted by molar-refractivity contribution is 6.31. The third-order valence-corrected chi connectivity index (χ3v) is 5.79. The Kier molecular flexibility index (Phi) is 7.70. The van der Waals surface area contributed by atoms with E-state index in [-0.39, 0.29) is 11.7 Å². The summed E-state index contributed by atoms with van der Waals surface area (Å²) in [5.74, 6) is 0.117. The molecular weight excluding hydrogens is 483 g/mol. The van der Waals surface area contributed by atoms with Gasteiger partial charge in [0.2, 0.25) is 0 Å². The van der Waals surface area contributed by atoms with Gasteiger partial charge in [-0.1, -0.05) is 53.5 Å². The Labute approximate surface area is 213 Å². The van der Waals surface area contributed by atoms with Gasteiger partial charge in [0.25, 0.3) is 11.8 Å². The van der Waals surface area contributed by atoms with Crippen LogP contribution in [0.4, 0.5) is 0 Å². The van der Waals surface area contributed by atoms with Crippen molar-refractivity contribution in [2.45, 2.75) is 13.0 Å². The molecule has 0 saturated carbocycles. The molecule has 35 heavy (non-hydrogen) atoms. The van der Waals surface area contributed by atoms with E-state index in [4.69, 9.17) is 27.6 Å². The van der Waals surface area contributed by atoms with Crippen LogP contribution in [0.1, 0.15) is 34.6 Å². The van der Waals surface area contributed by atoms with E-state index in [2.05, 4.69) is 10.6 Å². The maximum atomic E-state index is 13.2. The molecule has 1 heterocycles. The summed E-state index contributed by atoms with van der Waals surface area (Å²) in [5.41, 5.74) is 2.19. The fourth-order valence-corrected chi connectivity index (χ4v) is 3.65. The SMILES string of the molecule is CC(NC(=O)/C(=C/c1ccc(-c2ccc(Cl)cc2)o1)NC(=O)c1ccc(Cl)cc1)c1ccccc1. The van der Waals surface area contributed by atoms with Crippen LogP contribution in [0, 0.1) is 0 Å². The van der Waals surface area contributed by atoms with E-state index >= 15 is 0 Å². The molecular formula is C28H22Cl2N2O3. The van der Waals surface area contributed by atoms with E-state index in [1.54, 1.807) is 48.5 Å². The Morgan fingerprint density at radius 2 is 1.46 bits per heavy atom. The number of carbonyl (C=O) groups excluding carboxylic acids is 2. The van der Waals surface area contributed by atoms with Gasteiger partial charge in [-0.05, 0) is 73.2 Å². The molecule has 5 nitrogen and oxygen atoms in total. The predicted octanol–water partition coefficient (Wildman–Crippen LogP) is 6.90. The lowest BCUT2D eigenvalue weighted by Gasteiger charge is -2.16. The first-order valence-electron chi connectivity index (χ1n) is 10.9. The molecule has 1 aromatic heterocycles. The normalized spacial score (nSPS) is 12.1. The van der Waals surface area contributed by atoms with Gasteiger partial charge in [-0.15, -0.1) is 0 Å². The summed E-state index contributed by atoms with van der Waals surface area (Å²) in [7, 11) is 0. The molecule has 4 rings (SSSR count). The molecule has 7 heteroatoms. The number of rotatable bonds is 7. The molecule has 4 aromatic rings. The topological polar surface area (TPSA) is 71.3 Å². The Hall–Kier alpha value is -3.80. The molecule has 0 aliphatic carbocycles. The van der Waals surface area contributed by atoms with Crippen molar-refractivity contribution in [1.82, 2.24) is 10.6 Å². The summed E-state index contributed by atoms with van der Waals surface area (Å²) in [6.07, 6.45) is 1.50. The first-order chi connectivity index (χ1) is 16.9. The summed E-state index contributed by atoms with van der Waals surface area (Å²) >= 11 is 11.9. The second-order valence-electron chi connectivity index (χ2n) is 7.83. The van der Waals surface area contributed by atoms with E-state index < -0.39 is 11.8 Å². The van der Waals surface area contributed by atoms with E-state index in [1.165, 1.54) is 6.08 Å². The number of furan rings is 1. The molecule has 2 N–H and O–H groups in total. The number of halogens is 2. The van der Waals surface area contributed by atoms with Crippen LogP contribution in [0.3, 0.4) is 0 Å². The summed E-state index contributed by atoms with van der Waals surface area (Å²) in [5, 5.41) is 6.76. The molecule has 3 aromatic carbocycles. The van der Waals surface area contributed by atoms with Crippen LogP contribution >= 0.6 is 23.2 Å². The maximum Gasteiger partial charge on any atom is 0.268 e. The van der Waals surface area contributed by atoms with E-state index in [9.17, 15) is 9.59 Å². The average Bonchev–Trinajstić information content (AvgIpc) is 3.33. The maximum absolute atomic E-state index is 13.2. The number of nitrogens with one attached hydrogen (secondary N) is 2. The van der Waals surface area contributed by atoms with Gasteiger partial charge in [0.15, 0.2) is 0 Å². The number of hydrogen-bond acceptors (Lipinski definition) is 3. The Morgan fingerprint density at radius 3 is 2.11 bits per heavy atom. The Morgan fingerprint density at radius 1 is 0.829 bits per heavy atom. The molecule has 176 valence electrons. The summed E-state index contributed by atoms with van der Waals surface area (Å²) < 4.78 is 5.91. The quantitative estimate of drug-likeness (QED) is 0.269. The molecule has 0 aliphatic rings. The van der Waals surface area contributed by atoms with Crippen molar-refractivity contribution in [1.29, 1.82) is 0 Å². The number of benzene rings is 3. The van der Waals surface area contributed by atoms with Gasteiger partial charge in [0.05, 0.1) is 6.04 Å². The number of hydrogen-bond donors (Lipinski definition) is 2. The van der Waals surface area contributed by atoms with E-state index in [0.29, 0.717) is 27.1 Å². The first-order valence-corrected chi connectivity index (χ1v) is 11.6. The van der Waals surface area contributed by atoms with Crippen LogP contribution in [0.15, 0.2) is 101 Å². The lowest BCUT2D eigenvalue weighted by atomic mass is 10.1. The van der Waals surface area contributed by atoms with Gasteiger partial charge in [-0.3, -0.25) is 9.59 Å². The van der Waals surface area contributed by atoms with Gasteiger partial charge in [0, 0.05) is 27.2 Å². The molecule has 0 radical (unpaired) electrons. The lowest BCUT2D eigenvalue weighted by molar-refractivity contribution is -0.118. The highest BCUT2D eigenvalue weighted by Crippen LogP contribution is 2.25. The molecule has 1 unspecified atom stereocenters. The zero-order valence-electron chi connectivity index (χ0n) is 18.8. The molecule has 0 fully saturated rings. The van der Waals surface area contributed by atoms with Crippen LogP contribution in [0.2, 0.25) is 10.0 Å². The molecule has 2 amide bonds. The largest absolute Gasteiger partial charge is 0.457 e. The van der Waals surface area contributed by atoms with Gasteiger partial charge >= 0.3 is 0 Å². The first kappa shape index (κ1) is 24.3. The van der Waals surface area contributed by atoms with Crippen molar-refractivity contribution >= 4 is 41.1 Å². The third-order valence-electron chi connectivity index (χ3n) is 5.29. The molecule has 0 spiro atoms. The Bertz CT molecular complexity index is 1350. The summed E-state index contributed by atoms with van der Waals surface area (Å²) in [6, 6.07) is 26.4. The predicted molar refractivity (Wildman–Crippen MR) is 139 cm³/mol. The van der Waals surface area contributed by atoms with Crippen LogP contribution < -0.4 is 10.6 Å². The van der Waals surface area contributed by atoms with Crippen molar-refractivity contribution in [3.8, 4) is 11.3 Å². The zero-order valence-corrected chi connectivity index (χ0v) is 20.3. The highest BCUT2D eigenvalue weighted by Gasteiger charge is 2.18. The van der Waals surface area contributed by atoms with Crippen molar-refractivity contribution in [2.75, 3.05) is 0 Å². The highest BCUT2D eigenvalue weighted by atomic mass is 35.5. The van der Waals surface area contributed by atoms with Crippen LogP contribution in [-0.4, -0.2) is 11.8 Å². The second kappa shape index (κ2) is 11.1. The smallest absolute Gasteiger partial charge is 0.268 e. The van der Waals surface area contributed by atoms with Crippen LogP contribution in [-0.2, 0) is 4.79 Å². The molecule has 0 aliphatic heterocycles.